The van der Waals surface area contributed by atoms with E-state index in [0.717, 1.165) is 16.2 Å². The SMILES string of the molecule is CCn1cc([C@@H](c2ccc(F)cc2C#N)[C@@H](C)c2nc(C(=O)Nc3cnoc3)c(O)c(=O)n2C)c(C)n1. The molecule has 3 heterocycles. The molecule has 0 spiro atoms. The van der Waals surface area contributed by atoms with Gasteiger partial charge in [-0.25, -0.2) is 9.37 Å². The molecule has 3 aromatic heterocycles. The van der Waals surface area contributed by atoms with Crippen molar-refractivity contribution < 1.29 is 18.8 Å². The minimum atomic E-state index is -0.835. The van der Waals surface area contributed by atoms with E-state index < -0.39 is 40.6 Å². The molecule has 190 valence electrons. The third-order valence-corrected chi connectivity index (χ3v) is 6.23. The van der Waals surface area contributed by atoms with Crippen LogP contribution >= 0.6 is 0 Å². The zero-order valence-electron chi connectivity index (χ0n) is 20.6. The van der Waals surface area contributed by atoms with Crippen molar-refractivity contribution in [3.63, 3.8) is 0 Å². The predicted molar refractivity (Wildman–Crippen MR) is 130 cm³/mol. The molecule has 0 aliphatic heterocycles. The van der Waals surface area contributed by atoms with Crippen molar-refractivity contribution in [3.05, 3.63) is 86.9 Å². The molecule has 11 nitrogen and oxygen atoms in total. The highest BCUT2D eigenvalue weighted by molar-refractivity contribution is 6.04. The molecule has 0 unspecified atom stereocenters. The molecule has 12 heteroatoms. The molecule has 1 amide bonds. The fourth-order valence-electron chi connectivity index (χ4n) is 4.38. The van der Waals surface area contributed by atoms with E-state index in [9.17, 15) is 24.3 Å². The van der Waals surface area contributed by atoms with Gasteiger partial charge in [0, 0.05) is 37.2 Å². The summed E-state index contributed by atoms with van der Waals surface area (Å²) in [6.45, 7) is 6.12. The molecule has 0 aliphatic rings. The van der Waals surface area contributed by atoms with Crippen LogP contribution < -0.4 is 10.9 Å². The monoisotopic (exact) mass is 505 g/mol. The lowest BCUT2D eigenvalue weighted by Crippen LogP contribution is -2.29. The minimum Gasteiger partial charge on any atom is -0.501 e. The van der Waals surface area contributed by atoms with E-state index in [-0.39, 0.29) is 17.1 Å². The summed E-state index contributed by atoms with van der Waals surface area (Å²) in [5.74, 6) is -3.26. The second kappa shape index (κ2) is 10.1. The quantitative estimate of drug-likeness (QED) is 0.388. The van der Waals surface area contributed by atoms with E-state index in [1.54, 1.807) is 11.6 Å². The van der Waals surface area contributed by atoms with Crippen LogP contribution in [-0.2, 0) is 13.6 Å². The third-order valence-electron chi connectivity index (χ3n) is 6.23. The van der Waals surface area contributed by atoms with Crippen LogP contribution in [0, 0.1) is 24.1 Å². The summed E-state index contributed by atoms with van der Waals surface area (Å²) < 4.78 is 21.6. The van der Waals surface area contributed by atoms with Gasteiger partial charge < -0.3 is 14.9 Å². The highest BCUT2D eigenvalue weighted by Crippen LogP contribution is 2.40. The molecule has 2 N–H and O–H groups in total. The Labute approximate surface area is 210 Å². The Kier molecular flexibility index (Phi) is 6.88. The lowest BCUT2D eigenvalue weighted by molar-refractivity contribution is 0.101. The maximum Gasteiger partial charge on any atom is 0.296 e. The van der Waals surface area contributed by atoms with Crippen LogP contribution in [0.15, 0.2) is 46.2 Å². The number of carbonyl (C=O) groups excluding carboxylic acids is 1. The maximum absolute atomic E-state index is 14.0. The van der Waals surface area contributed by atoms with Gasteiger partial charge in [0.2, 0.25) is 5.75 Å². The molecule has 2 atom stereocenters. The number of halogens is 1. The first-order chi connectivity index (χ1) is 17.7. The average molecular weight is 506 g/mol. The number of aryl methyl sites for hydroxylation is 2. The highest BCUT2D eigenvalue weighted by Gasteiger charge is 2.32. The van der Waals surface area contributed by atoms with Crippen molar-refractivity contribution in [1.82, 2.24) is 24.5 Å². The Morgan fingerprint density at radius 2 is 2.11 bits per heavy atom. The van der Waals surface area contributed by atoms with Gasteiger partial charge in [0.25, 0.3) is 11.5 Å². The Balaban J connectivity index is 1.90. The first-order valence-corrected chi connectivity index (χ1v) is 11.4. The molecule has 0 bridgehead atoms. The highest BCUT2D eigenvalue weighted by atomic mass is 19.1. The lowest BCUT2D eigenvalue weighted by Gasteiger charge is -2.26. The standard InChI is InChI=1S/C25H24FN7O4/c1-5-33-11-19(14(3)31-33)20(18-7-6-16(26)8-15(18)9-27)13(2)23-30-21(22(34)25(36)32(23)4)24(35)29-17-10-28-37-12-17/h6-8,10-13,20,34H,5H2,1-4H3,(H,29,35)/t13-,20-/m1/s1. The zero-order valence-corrected chi connectivity index (χ0v) is 20.6. The number of nitriles is 1. The van der Waals surface area contributed by atoms with Crippen molar-refractivity contribution in [2.75, 3.05) is 5.32 Å². The van der Waals surface area contributed by atoms with Gasteiger partial charge >= 0.3 is 0 Å². The largest absolute Gasteiger partial charge is 0.501 e. The van der Waals surface area contributed by atoms with Crippen molar-refractivity contribution >= 4 is 11.6 Å². The van der Waals surface area contributed by atoms with E-state index in [4.69, 9.17) is 4.52 Å². The van der Waals surface area contributed by atoms with E-state index in [1.807, 2.05) is 26.1 Å². The number of hydrogen-bond donors (Lipinski definition) is 2. The summed E-state index contributed by atoms with van der Waals surface area (Å²) in [6.07, 6.45) is 4.27. The van der Waals surface area contributed by atoms with Crippen LogP contribution in [0.2, 0.25) is 0 Å². The summed E-state index contributed by atoms with van der Waals surface area (Å²) >= 11 is 0. The maximum atomic E-state index is 14.0. The molecular weight excluding hydrogens is 481 g/mol. The van der Waals surface area contributed by atoms with Crippen LogP contribution in [-0.4, -0.2) is 35.5 Å². The van der Waals surface area contributed by atoms with Crippen LogP contribution in [0.5, 0.6) is 5.75 Å². The molecule has 1 aromatic carbocycles. The fraction of sp³-hybridized carbons (Fsp3) is 0.280. The summed E-state index contributed by atoms with van der Waals surface area (Å²) in [7, 11) is 1.43. The van der Waals surface area contributed by atoms with E-state index >= 15 is 0 Å². The minimum absolute atomic E-state index is 0.120. The van der Waals surface area contributed by atoms with Gasteiger partial charge in [-0.15, -0.1) is 0 Å². The van der Waals surface area contributed by atoms with Crippen LogP contribution in [0.25, 0.3) is 0 Å². The van der Waals surface area contributed by atoms with Gasteiger partial charge in [0.05, 0.1) is 23.5 Å². The summed E-state index contributed by atoms with van der Waals surface area (Å²) in [5, 5.41) is 30.7. The third kappa shape index (κ3) is 4.71. The van der Waals surface area contributed by atoms with Crippen molar-refractivity contribution in [3.8, 4) is 11.8 Å². The molecular formula is C25H24FN7O4. The normalized spacial score (nSPS) is 12.6. The smallest absolute Gasteiger partial charge is 0.296 e. The molecule has 37 heavy (non-hydrogen) atoms. The van der Waals surface area contributed by atoms with Crippen molar-refractivity contribution in [2.24, 2.45) is 7.05 Å². The number of amides is 1. The van der Waals surface area contributed by atoms with Gasteiger partial charge in [-0.1, -0.05) is 18.1 Å². The number of aromatic hydroxyl groups is 1. The van der Waals surface area contributed by atoms with Gasteiger partial charge in [0.1, 0.15) is 23.6 Å². The second-order valence-corrected chi connectivity index (χ2v) is 8.53. The van der Waals surface area contributed by atoms with Crippen LogP contribution in [0.4, 0.5) is 10.1 Å². The molecule has 4 rings (SSSR count). The number of hydrogen-bond acceptors (Lipinski definition) is 8. The van der Waals surface area contributed by atoms with Gasteiger partial charge in [-0.2, -0.15) is 10.4 Å². The van der Waals surface area contributed by atoms with Crippen LogP contribution in [0.1, 0.15) is 64.4 Å². The Hall–Kier alpha value is -4.79. The molecule has 0 aliphatic carbocycles. The summed E-state index contributed by atoms with van der Waals surface area (Å²) in [5.41, 5.74) is 0.961. The van der Waals surface area contributed by atoms with Crippen molar-refractivity contribution in [1.29, 1.82) is 5.26 Å². The Morgan fingerprint density at radius 1 is 1.35 bits per heavy atom. The number of nitrogens with zero attached hydrogens (tertiary/aromatic N) is 6. The fourth-order valence-corrected chi connectivity index (χ4v) is 4.38. The molecule has 4 aromatic rings. The predicted octanol–water partition coefficient (Wildman–Crippen LogP) is 3.20. The number of benzene rings is 1. The number of aromatic nitrogens is 5. The van der Waals surface area contributed by atoms with Gasteiger partial charge in [-0.3, -0.25) is 18.8 Å². The lowest BCUT2D eigenvalue weighted by atomic mass is 9.79. The summed E-state index contributed by atoms with van der Waals surface area (Å²) in [4.78, 5) is 30.2. The Bertz CT molecular complexity index is 1570. The first-order valence-electron chi connectivity index (χ1n) is 11.4. The molecule has 0 saturated heterocycles. The van der Waals surface area contributed by atoms with Gasteiger partial charge in [-0.05, 0) is 31.5 Å². The topological polar surface area (TPSA) is 152 Å². The number of nitrogens with one attached hydrogen (secondary N) is 1. The molecule has 0 fully saturated rings. The Morgan fingerprint density at radius 3 is 2.73 bits per heavy atom. The van der Waals surface area contributed by atoms with E-state index in [1.165, 1.54) is 31.6 Å². The number of rotatable bonds is 7. The average Bonchev–Trinajstić information content (AvgIpc) is 3.53. The van der Waals surface area contributed by atoms with Gasteiger partial charge in [0.15, 0.2) is 5.69 Å². The van der Waals surface area contributed by atoms with Crippen LogP contribution in [0.3, 0.4) is 0 Å². The molecule has 0 saturated carbocycles. The summed E-state index contributed by atoms with van der Waals surface area (Å²) in [6, 6.07) is 5.98. The first kappa shape index (κ1) is 25.3. The second-order valence-electron chi connectivity index (χ2n) is 8.53. The van der Waals surface area contributed by atoms with E-state index in [2.05, 4.69) is 20.6 Å². The number of anilines is 1. The van der Waals surface area contributed by atoms with Crippen molar-refractivity contribution in [2.45, 2.75) is 39.2 Å². The number of carbonyl (C=O) groups is 1. The van der Waals surface area contributed by atoms with E-state index in [0.29, 0.717) is 17.8 Å². The zero-order chi connectivity index (χ0) is 26.9. The molecule has 0 radical (unpaired) electrons.